The van der Waals surface area contributed by atoms with E-state index in [2.05, 4.69) is 15.5 Å². The Bertz CT molecular complexity index is 1000. The highest BCUT2D eigenvalue weighted by molar-refractivity contribution is 5.76. The number of ether oxygens (including phenoxy) is 1. The van der Waals surface area contributed by atoms with E-state index in [0.717, 1.165) is 17.7 Å². The van der Waals surface area contributed by atoms with Crippen molar-refractivity contribution in [1.82, 2.24) is 15.5 Å². The third-order valence-electron chi connectivity index (χ3n) is 4.47. The fourth-order valence-electron chi connectivity index (χ4n) is 2.82. The number of alkyl halides is 3. The molecule has 0 saturated carbocycles. The van der Waals surface area contributed by atoms with E-state index in [1.54, 1.807) is 44.4 Å². The van der Waals surface area contributed by atoms with Crippen molar-refractivity contribution in [3.05, 3.63) is 65.5 Å². The summed E-state index contributed by atoms with van der Waals surface area (Å²) in [6.45, 7) is 1.63. The first kappa shape index (κ1) is 21.4. The zero-order chi connectivity index (χ0) is 21.7. The largest absolute Gasteiger partial charge is 0.497 e. The van der Waals surface area contributed by atoms with Crippen molar-refractivity contribution in [2.24, 2.45) is 0 Å². The van der Waals surface area contributed by atoms with Gasteiger partial charge in [0.25, 0.3) is 0 Å². The van der Waals surface area contributed by atoms with Crippen molar-refractivity contribution >= 4 is 5.91 Å². The fraction of sp³-hybridized carbons (Fsp3) is 0.286. The summed E-state index contributed by atoms with van der Waals surface area (Å²) in [7, 11) is 1.57. The van der Waals surface area contributed by atoms with Crippen LogP contribution >= 0.6 is 0 Å². The second-order valence-corrected chi connectivity index (χ2v) is 6.65. The predicted octanol–water partition coefficient (Wildman–Crippen LogP) is 4.57. The lowest BCUT2D eigenvalue weighted by molar-refractivity contribution is -0.137. The first-order valence-electron chi connectivity index (χ1n) is 9.20. The van der Waals surface area contributed by atoms with Gasteiger partial charge in [-0.2, -0.15) is 18.2 Å². The number of carbonyl (C=O) groups is 1. The molecule has 6 nitrogen and oxygen atoms in total. The predicted molar refractivity (Wildman–Crippen MR) is 103 cm³/mol. The number of rotatable bonds is 7. The zero-order valence-corrected chi connectivity index (χ0v) is 16.4. The van der Waals surface area contributed by atoms with Gasteiger partial charge in [0.1, 0.15) is 5.75 Å². The van der Waals surface area contributed by atoms with Crippen molar-refractivity contribution in [3.63, 3.8) is 0 Å². The van der Waals surface area contributed by atoms with Crippen molar-refractivity contribution < 1.29 is 27.2 Å². The van der Waals surface area contributed by atoms with Crippen LogP contribution in [0.5, 0.6) is 5.75 Å². The number of benzene rings is 2. The molecule has 0 unspecified atom stereocenters. The Hall–Kier alpha value is -3.36. The van der Waals surface area contributed by atoms with Gasteiger partial charge in [0.15, 0.2) is 0 Å². The molecule has 0 aliphatic carbocycles. The third kappa shape index (κ3) is 5.37. The lowest BCUT2D eigenvalue weighted by atomic mass is 10.0. The number of hydrogen-bond acceptors (Lipinski definition) is 5. The van der Waals surface area contributed by atoms with Gasteiger partial charge in [0, 0.05) is 18.4 Å². The van der Waals surface area contributed by atoms with Crippen LogP contribution in [0.1, 0.15) is 36.4 Å². The first-order chi connectivity index (χ1) is 14.3. The lowest BCUT2D eigenvalue weighted by Gasteiger charge is -2.16. The van der Waals surface area contributed by atoms with Crippen LogP contribution in [0.3, 0.4) is 0 Å². The second-order valence-electron chi connectivity index (χ2n) is 6.65. The smallest absolute Gasteiger partial charge is 0.416 e. The molecule has 3 aromatic rings. The molecule has 3 rings (SSSR count). The molecule has 1 atom stereocenters. The lowest BCUT2D eigenvalue weighted by Crippen LogP contribution is -2.27. The molecule has 1 aromatic heterocycles. The zero-order valence-electron chi connectivity index (χ0n) is 16.4. The normalized spacial score (nSPS) is 12.4. The fourth-order valence-corrected chi connectivity index (χ4v) is 2.82. The van der Waals surface area contributed by atoms with E-state index < -0.39 is 17.8 Å². The number of halogens is 3. The van der Waals surface area contributed by atoms with Gasteiger partial charge in [-0.1, -0.05) is 17.3 Å². The maximum Gasteiger partial charge on any atom is 0.416 e. The van der Waals surface area contributed by atoms with E-state index in [9.17, 15) is 18.0 Å². The summed E-state index contributed by atoms with van der Waals surface area (Å²) in [6.07, 6.45) is -4.16. The van der Waals surface area contributed by atoms with Gasteiger partial charge in [-0.15, -0.1) is 0 Å². The monoisotopic (exact) mass is 419 g/mol. The van der Waals surface area contributed by atoms with E-state index in [4.69, 9.17) is 9.26 Å². The molecule has 9 heteroatoms. The number of nitrogens with zero attached hydrogens (tertiary/aromatic N) is 2. The average molecular weight is 419 g/mol. The summed E-state index contributed by atoms with van der Waals surface area (Å²) in [4.78, 5) is 16.5. The molecule has 0 fully saturated rings. The number of aromatic nitrogens is 2. The van der Waals surface area contributed by atoms with Crippen molar-refractivity contribution in [2.75, 3.05) is 7.11 Å². The summed E-state index contributed by atoms with van der Waals surface area (Å²) < 4.78 is 48.8. The van der Waals surface area contributed by atoms with E-state index >= 15 is 0 Å². The summed E-state index contributed by atoms with van der Waals surface area (Å²) in [5.41, 5.74) is 0.365. The van der Waals surface area contributed by atoms with Crippen molar-refractivity contribution in [3.8, 4) is 17.1 Å². The van der Waals surface area contributed by atoms with Crippen molar-refractivity contribution in [2.45, 2.75) is 32.0 Å². The molecular weight excluding hydrogens is 399 g/mol. The topological polar surface area (TPSA) is 77.2 Å². The van der Waals surface area contributed by atoms with Crippen LogP contribution in [-0.4, -0.2) is 23.2 Å². The summed E-state index contributed by atoms with van der Waals surface area (Å²) in [6, 6.07) is 11.4. The Morgan fingerprint density at radius 1 is 1.20 bits per heavy atom. The highest BCUT2D eigenvalue weighted by Gasteiger charge is 2.30. The maximum atomic E-state index is 12.8. The third-order valence-corrected chi connectivity index (χ3v) is 4.47. The molecule has 0 aliphatic heterocycles. The van der Waals surface area contributed by atoms with Gasteiger partial charge in [-0.05, 0) is 48.9 Å². The molecule has 0 radical (unpaired) electrons. The Balaban J connectivity index is 1.55. The highest BCUT2D eigenvalue weighted by atomic mass is 19.4. The maximum absolute atomic E-state index is 12.8. The summed E-state index contributed by atoms with van der Waals surface area (Å²) in [5, 5.41) is 6.58. The Morgan fingerprint density at radius 2 is 1.93 bits per heavy atom. The van der Waals surface area contributed by atoms with Gasteiger partial charge in [-0.3, -0.25) is 4.79 Å². The first-order valence-corrected chi connectivity index (χ1v) is 9.20. The van der Waals surface area contributed by atoms with Gasteiger partial charge < -0.3 is 14.6 Å². The minimum Gasteiger partial charge on any atom is -0.497 e. The van der Waals surface area contributed by atoms with Gasteiger partial charge in [0.05, 0.1) is 18.7 Å². The number of aryl methyl sites for hydroxylation is 1. The number of amides is 1. The van der Waals surface area contributed by atoms with Crippen LogP contribution in [-0.2, 0) is 17.4 Å². The van der Waals surface area contributed by atoms with E-state index in [1.165, 1.54) is 6.07 Å². The molecule has 2 aromatic carbocycles. The van der Waals surface area contributed by atoms with Gasteiger partial charge in [-0.25, -0.2) is 0 Å². The number of hydrogen-bond donors (Lipinski definition) is 1. The van der Waals surface area contributed by atoms with Crippen LogP contribution in [0.2, 0.25) is 0 Å². The molecular formula is C21H20F3N3O3. The number of carbonyl (C=O) groups excluding carboxylic acids is 1. The molecule has 0 aliphatic rings. The minimum atomic E-state index is -4.43. The molecule has 30 heavy (non-hydrogen) atoms. The van der Waals surface area contributed by atoms with Crippen LogP contribution in [0.4, 0.5) is 13.2 Å². The quantitative estimate of drug-likeness (QED) is 0.607. The standard InChI is InChI=1S/C21H20F3N3O3/c1-13(15-4-3-5-16(12-15)21(22,23)24)25-18(28)10-11-19-26-20(27-30-19)14-6-8-17(29-2)9-7-14/h3-9,12-13H,10-11H2,1-2H3,(H,25,28)/t13-/m0/s1. The summed E-state index contributed by atoms with van der Waals surface area (Å²) >= 11 is 0. The van der Waals surface area contributed by atoms with Crippen LogP contribution < -0.4 is 10.1 Å². The van der Waals surface area contributed by atoms with Crippen molar-refractivity contribution in [1.29, 1.82) is 0 Å². The molecule has 0 spiro atoms. The Morgan fingerprint density at radius 3 is 2.60 bits per heavy atom. The van der Waals surface area contributed by atoms with Gasteiger partial charge >= 0.3 is 6.18 Å². The Labute approximate surface area is 171 Å². The van der Waals surface area contributed by atoms with Crippen LogP contribution in [0, 0.1) is 0 Å². The molecule has 1 heterocycles. The molecule has 1 N–H and O–H groups in total. The second kappa shape index (κ2) is 8.98. The SMILES string of the molecule is COc1ccc(-c2noc(CCC(=O)N[C@@H](C)c3cccc(C(F)(F)F)c3)n2)cc1. The average Bonchev–Trinajstić information content (AvgIpc) is 3.21. The molecule has 1 amide bonds. The van der Waals surface area contributed by atoms with Crippen LogP contribution in [0.15, 0.2) is 53.1 Å². The summed E-state index contributed by atoms with van der Waals surface area (Å²) in [5.74, 6) is 1.06. The molecule has 0 bridgehead atoms. The molecule has 158 valence electrons. The van der Waals surface area contributed by atoms with Gasteiger partial charge in [0.2, 0.25) is 17.6 Å². The number of nitrogens with one attached hydrogen (secondary N) is 1. The minimum absolute atomic E-state index is 0.0630. The highest BCUT2D eigenvalue weighted by Crippen LogP contribution is 2.30. The number of methoxy groups -OCH3 is 1. The van der Waals surface area contributed by atoms with Crippen LogP contribution in [0.25, 0.3) is 11.4 Å². The van der Waals surface area contributed by atoms with E-state index in [0.29, 0.717) is 23.0 Å². The van der Waals surface area contributed by atoms with E-state index in [-0.39, 0.29) is 18.7 Å². The molecule has 0 saturated heterocycles. The Kier molecular flexibility index (Phi) is 6.39. The van der Waals surface area contributed by atoms with E-state index in [1.807, 2.05) is 0 Å².